The summed E-state index contributed by atoms with van der Waals surface area (Å²) in [5.41, 5.74) is -0.319. The lowest BCUT2D eigenvalue weighted by Gasteiger charge is -2.40. The van der Waals surface area contributed by atoms with E-state index >= 15 is 0 Å². The van der Waals surface area contributed by atoms with Crippen LogP contribution in [0, 0.1) is 11.3 Å². The van der Waals surface area contributed by atoms with Gasteiger partial charge in [0.25, 0.3) is 0 Å². The fourth-order valence-corrected chi connectivity index (χ4v) is 2.52. The quantitative estimate of drug-likeness (QED) is 0.709. The van der Waals surface area contributed by atoms with E-state index in [1.807, 2.05) is 30.6 Å². The zero-order chi connectivity index (χ0) is 13.3. The predicted octanol–water partition coefficient (Wildman–Crippen LogP) is 1.50. The highest BCUT2D eigenvalue weighted by Gasteiger charge is 2.34. The van der Waals surface area contributed by atoms with Gasteiger partial charge in [0, 0.05) is 37.5 Å². The average molecular weight is 252 g/mol. The van der Waals surface area contributed by atoms with Crippen LogP contribution in [0.5, 0.6) is 0 Å². The lowest BCUT2D eigenvalue weighted by Crippen LogP contribution is -2.54. The number of hydrogen-bond acceptors (Lipinski definition) is 2. The van der Waals surface area contributed by atoms with Crippen LogP contribution < -0.4 is 0 Å². The first-order valence-electron chi connectivity index (χ1n) is 6.98. The molecule has 1 aliphatic heterocycles. The number of hydrogen-bond donors (Lipinski definition) is 0. The molecule has 1 aliphatic carbocycles. The minimum atomic E-state index is -0.319. The monoisotopic (exact) mass is 252 g/mol. The van der Waals surface area contributed by atoms with E-state index in [4.69, 9.17) is 0 Å². The molecule has 0 aromatic rings. The van der Waals surface area contributed by atoms with E-state index in [-0.39, 0.29) is 17.2 Å². The van der Waals surface area contributed by atoms with Gasteiger partial charge in [0.15, 0.2) is 0 Å². The Hall–Kier alpha value is -1.06. The Morgan fingerprint density at radius 2 is 1.44 bits per heavy atom. The molecule has 0 N–H and O–H groups in total. The van der Waals surface area contributed by atoms with Gasteiger partial charge in [-0.15, -0.1) is 0 Å². The summed E-state index contributed by atoms with van der Waals surface area (Å²) < 4.78 is 0. The van der Waals surface area contributed by atoms with Gasteiger partial charge < -0.3 is 9.80 Å². The third-order valence-electron chi connectivity index (χ3n) is 3.97. The standard InChI is InChI=1S/C14H24N2O2/c1-14(2,3)13(18)16-9-7-15(8-10-16)12(17)11-5-4-6-11/h11H,4-10H2,1-3H3. The Bertz CT molecular complexity index is 334. The van der Waals surface area contributed by atoms with Crippen LogP contribution in [0.2, 0.25) is 0 Å². The highest BCUT2D eigenvalue weighted by molar-refractivity contribution is 5.82. The fourth-order valence-electron chi connectivity index (χ4n) is 2.52. The highest BCUT2D eigenvalue weighted by atomic mass is 16.2. The second-order valence-corrected chi connectivity index (χ2v) is 6.50. The Balaban J connectivity index is 1.84. The lowest BCUT2D eigenvalue weighted by molar-refractivity contribution is -0.147. The van der Waals surface area contributed by atoms with Gasteiger partial charge in [-0.25, -0.2) is 0 Å². The molecule has 2 rings (SSSR count). The Labute approximate surface area is 109 Å². The number of carbonyl (C=O) groups is 2. The van der Waals surface area contributed by atoms with Crippen LogP contribution in [0.25, 0.3) is 0 Å². The van der Waals surface area contributed by atoms with Gasteiger partial charge in [-0.1, -0.05) is 27.2 Å². The van der Waals surface area contributed by atoms with Crippen molar-refractivity contribution in [2.75, 3.05) is 26.2 Å². The second-order valence-electron chi connectivity index (χ2n) is 6.50. The van der Waals surface area contributed by atoms with Crippen molar-refractivity contribution in [1.29, 1.82) is 0 Å². The van der Waals surface area contributed by atoms with Crippen LogP contribution in [0.4, 0.5) is 0 Å². The van der Waals surface area contributed by atoms with Gasteiger partial charge in [-0.05, 0) is 12.8 Å². The predicted molar refractivity (Wildman–Crippen MR) is 70.0 cm³/mol. The Morgan fingerprint density at radius 3 is 1.83 bits per heavy atom. The molecule has 2 fully saturated rings. The Morgan fingerprint density at radius 1 is 0.944 bits per heavy atom. The maximum atomic E-state index is 12.1. The van der Waals surface area contributed by atoms with Crippen LogP contribution in [0.3, 0.4) is 0 Å². The zero-order valence-corrected chi connectivity index (χ0v) is 11.7. The number of piperazine rings is 1. The summed E-state index contributed by atoms with van der Waals surface area (Å²) in [5, 5.41) is 0. The third-order valence-corrected chi connectivity index (χ3v) is 3.97. The Kier molecular flexibility index (Phi) is 3.64. The first kappa shape index (κ1) is 13.4. The minimum absolute atomic E-state index is 0.193. The van der Waals surface area contributed by atoms with Crippen LogP contribution in [-0.4, -0.2) is 47.8 Å². The molecule has 4 nitrogen and oxygen atoms in total. The third kappa shape index (κ3) is 2.68. The molecule has 0 bridgehead atoms. The normalized spacial score (nSPS) is 21.7. The van der Waals surface area contributed by atoms with Gasteiger partial charge >= 0.3 is 0 Å². The molecule has 1 heterocycles. The largest absolute Gasteiger partial charge is 0.339 e. The highest BCUT2D eigenvalue weighted by Crippen LogP contribution is 2.28. The summed E-state index contributed by atoms with van der Waals surface area (Å²) >= 11 is 0. The van der Waals surface area contributed by atoms with E-state index < -0.39 is 0 Å². The first-order valence-corrected chi connectivity index (χ1v) is 6.98. The lowest BCUT2D eigenvalue weighted by atomic mass is 9.84. The SMILES string of the molecule is CC(C)(C)C(=O)N1CCN(C(=O)C2CCC2)CC1. The summed E-state index contributed by atoms with van der Waals surface area (Å²) in [6.07, 6.45) is 3.30. The topological polar surface area (TPSA) is 40.6 Å². The van der Waals surface area contributed by atoms with E-state index in [0.29, 0.717) is 32.1 Å². The molecule has 2 amide bonds. The van der Waals surface area contributed by atoms with E-state index in [2.05, 4.69) is 0 Å². The van der Waals surface area contributed by atoms with Crippen LogP contribution in [-0.2, 0) is 9.59 Å². The summed E-state index contributed by atoms with van der Waals surface area (Å²) in [7, 11) is 0. The molecular formula is C14H24N2O2. The number of carbonyl (C=O) groups excluding carboxylic acids is 2. The summed E-state index contributed by atoms with van der Waals surface area (Å²) in [4.78, 5) is 28.0. The van der Waals surface area contributed by atoms with Crippen molar-refractivity contribution in [3.8, 4) is 0 Å². The summed E-state index contributed by atoms with van der Waals surface area (Å²) in [6, 6.07) is 0. The minimum Gasteiger partial charge on any atom is -0.339 e. The van der Waals surface area contributed by atoms with Crippen molar-refractivity contribution in [2.24, 2.45) is 11.3 Å². The van der Waals surface area contributed by atoms with Crippen molar-refractivity contribution in [1.82, 2.24) is 9.80 Å². The van der Waals surface area contributed by atoms with Gasteiger partial charge in [0.1, 0.15) is 0 Å². The zero-order valence-electron chi connectivity index (χ0n) is 11.7. The summed E-state index contributed by atoms with van der Waals surface area (Å²) in [5.74, 6) is 0.775. The smallest absolute Gasteiger partial charge is 0.228 e. The first-order chi connectivity index (χ1) is 8.39. The molecule has 0 spiro atoms. The van der Waals surface area contributed by atoms with Crippen LogP contribution >= 0.6 is 0 Å². The number of rotatable bonds is 1. The molecule has 0 unspecified atom stereocenters. The molecule has 0 atom stereocenters. The molecule has 102 valence electrons. The van der Waals surface area contributed by atoms with Gasteiger partial charge in [-0.2, -0.15) is 0 Å². The molecule has 1 saturated carbocycles. The van der Waals surface area contributed by atoms with Crippen LogP contribution in [0.15, 0.2) is 0 Å². The van der Waals surface area contributed by atoms with Crippen molar-refractivity contribution in [2.45, 2.75) is 40.0 Å². The summed E-state index contributed by atoms with van der Waals surface area (Å²) in [6.45, 7) is 8.63. The molecule has 1 saturated heterocycles. The fraction of sp³-hybridized carbons (Fsp3) is 0.857. The van der Waals surface area contributed by atoms with E-state index in [1.165, 1.54) is 6.42 Å². The van der Waals surface area contributed by atoms with Crippen LogP contribution in [0.1, 0.15) is 40.0 Å². The molecule has 0 aromatic heterocycles. The van der Waals surface area contributed by atoms with Gasteiger partial charge in [0.2, 0.25) is 11.8 Å². The molecule has 18 heavy (non-hydrogen) atoms. The maximum Gasteiger partial charge on any atom is 0.228 e. The van der Waals surface area contributed by atoms with Crippen molar-refractivity contribution >= 4 is 11.8 Å². The molecule has 0 aromatic carbocycles. The van der Waals surface area contributed by atoms with E-state index in [9.17, 15) is 9.59 Å². The van der Waals surface area contributed by atoms with Crippen molar-refractivity contribution in [3.05, 3.63) is 0 Å². The van der Waals surface area contributed by atoms with Gasteiger partial charge in [0.05, 0.1) is 0 Å². The molecule has 2 aliphatic rings. The number of amides is 2. The van der Waals surface area contributed by atoms with E-state index in [1.54, 1.807) is 0 Å². The van der Waals surface area contributed by atoms with Crippen molar-refractivity contribution in [3.63, 3.8) is 0 Å². The van der Waals surface area contributed by atoms with Gasteiger partial charge in [-0.3, -0.25) is 9.59 Å². The maximum absolute atomic E-state index is 12.1. The van der Waals surface area contributed by atoms with Crippen molar-refractivity contribution < 1.29 is 9.59 Å². The molecule has 4 heteroatoms. The average Bonchev–Trinajstić information content (AvgIpc) is 2.24. The number of nitrogens with zero attached hydrogens (tertiary/aromatic N) is 2. The molecule has 0 radical (unpaired) electrons. The van der Waals surface area contributed by atoms with E-state index in [0.717, 1.165) is 12.8 Å². The molecular weight excluding hydrogens is 228 g/mol. The second kappa shape index (κ2) is 4.90.